The van der Waals surface area contributed by atoms with E-state index in [4.69, 9.17) is 5.73 Å². The lowest BCUT2D eigenvalue weighted by Gasteiger charge is -2.03. The molecule has 2 aromatic heterocycles. The van der Waals surface area contributed by atoms with Crippen LogP contribution >= 0.6 is 11.3 Å². The number of nitrogens with two attached hydrogens (primary N) is 1. The molecule has 0 aliphatic rings. The number of carbonyl (C=O) groups excluding carboxylic acids is 1. The van der Waals surface area contributed by atoms with Crippen LogP contribution in [0.1, 0.15) is 51.8 Å². The fourth-order valence-corrected chi connectivity index (χ4v) is 4.15. The number of aromatic nitrogens is 1. The van der Waals surface area contributed by atoms with Crippen LogP contribution in [0.4, 0.5) is 5.69 Å². The molecule has 3 rings (SSSR count). The number of rotatable bonds is 5. The van der Waals surface area contributed by atoms with E-state index in [-0.39, 0.29) is 5.78 Å². The Morgan fingerprint density at radius 1 is 1.21 bits per heavy atom. The zero-order valence-electron chi connectivity index (χ0n) is 14.3. The zero-order valence-corrected chi connectivity index (χ0v) is 15.2. The first kappa shape index (κ1) is 16.7. The minimum Gasteiger partial charge on any atom is -0.397 e. The van der Waals surface area contributed by atoms with Crippen LogP contribution in [0.5, 0.6) is 0 Å². The Labute approximate surface area is 146 Å². The summed E-state index contributed by atoms with van der Waals surface area (Å²) in [6.45, 7) is 6.15. The van der Waals surface area contributed by atoms with E-state index in [9.17, 15) is 4.79 Å². The zero-order chi connectivity index (χ0) is 17.3. The van der Waals surface area contributed by atoms with Crippen LogP contribution in [0.15, 0.2) is 30.3 Å². The highest BCUT2D eigenvalue weighted by molar-refractivity contribution is 7.21. The van der Waals surface area contributed by atoms with Gasteiger partial charge in [-0.3, -0.25) is 4.79 Å². The van der Waals surface area contributed by atoms with E-state index < -0.39 is 0 Å². The summed E-state index contributed by atoms with van der Waals surface area (Å²) in [5, 5.41) is 0.911. The summed E-state index contributed by atoms with van der Waals surface area (Å²) in [7, 11) is 0. The van der Waals surface area contributed by atoms with Gasteiger partial charge in [-0.25, -0.2) is 4.98 Å². The van der Waals surface area contributed by atoms with Gasteiger partial charge in [0.1, 0.15) is 9.71 Å². The Morgan fingerprint density at radius 3 is 2.58 bits per heavy atom. The molecule has 24 heavy (non-hydrogen) atoms. The van der Waals surface area contributed by atoms with Crippen molar-refractivity contribution in [2.75, 3.05) is 5.73 Å². The van der Waals surface area contributed by atoms with Gasteiger partial charge in [-0.15, -0.1) is 11.3 Å². The molecule has 0 aliphatic carbocycles. The van der Waals surface area contributed by atoms with Crippen molar-refractivity contribution in [2.24, 2.45) is 0 Å². The maximum absolute atomic E-state index is 12.9. The first-order chi connectivity index (χ1) is 11.5. The maximum Gasteiger partial charge on any atom is 0.205 e. The highest BCUT2D eigenvalue weighted by Gasteiger charge is 2.20. The number of aryl methyl sites for hydroxylation is 3. The lowest BCUT2D eigenvalue weighted by Crippen LogP contribution is -2.02. The number of anilines is 1. The number of thiophene rings is 1. The Kier molecular flexibility index (Phi) is 4.67. The van der Waals surface area contributed by atoms with Crippen molar-refractivity contribution < 1.29 is 4.79 Å². The fraction of sp³-hybridized carbons (Fsp3) is 0.300. The predicted molar refractivity (Wildman–Crippen MR) is 102 cm³/mol. The van der Waals surface area contributed by atoms with Crippen LogP contribution in [-0.2, 0) is 6.42 Å². The van der Waals surface area contributed by atoms with Crippen LogP contribution in [0.25, 0.3) is 10.2 Å². The number of unbranched alkanes of at least 4 members (excludes halogenated alkanes) is 1. The second-order valence-corrected chi connectivity index (χ2v) is 7.23. The van der Waals surface area contributed by atoms with Crippen molar-refractivity contribution in [3.8, 4) is 0 Å². The molecule has 0 unspecified atom stereocenters. The average Bonchev–Trinajstić information content (AvgIpc) is 2.89. The fourth-order valence-electron chi connectivity index (χ4n) is 2.97. The Balaban J connectivity index is 1.96. The maximum atomic E-state index is 12.9. The molecule has 0 spiro atoms. The van der Waals surface area contributed by atoms with E-state index in [2.05, 4.69) is 11.9 Å². The van der Waals surface area contributed by atoms with Crippen molar-refractivity contribution >= 4 is 33.0 Å². The lowest BCUT2D eigenvalue weighted by atomic mass is 10.0. The highest BCUT2D eigenvalue weighted by atomic mass is 32.1. The number of pyridine rings is 1. The first-order valence-corrected chi connectivity index (χ1v) is 9.12. The van der Waals surface area contributed by atoms with Gasteiger partial charge in [-0.05, 0) is 43.9 Å². The summed E-state index contributed by atoms with van der Waals surface area (Å²) in [5.74, 6) is -0.0189. The number of nitrogens with zero attached hydrogens (tertiary/aromatic N) is 1. The van der Waals surface area contributed by atoms with Gasteiger partial charge in [0.05, 0.1) is 5.69 Å². The summed E-state index contributed by atoms with van der Waals surface area (Å²) in [5.41, 5.74) is 10.8. The molecular weight excluding hydrogens is 316 g/mol. The molecule has 0 amide bonds. The molecule has 124 valence electrons. The molecule has 0 atom stereocenters. The monoisotopic (exact) mass is 338 g/mol. The summed E-state index contributed by atoms with van der Waals surface area (Å²) in [6, 6.07) is 9.90. The molecule has 0 bridgehead atoms. The minimum atomic E-state index is -0.0189. The number of hydrogen-bond donors (Lipinski definition) is 1. The van der Waals surface area contributed by atoms with Crippen LogP contribution in [0, 0.1) is 13.8 Å². The minimum absolute atomic E-state index is 0.0189. The van der Waals surface area contributed by atoms with Gasteiger partial charge in [0.2, 0.25) is 5.78 Å². The largest absolute Gasteiger partial charge is 0.397 e. The normalized spacial score (nSPS) is 11.1. The molecule has 3 aromatic rings. The Hall–Kier alpha value is -2.20. The third kappa shape index (κ3) is 3.06. The van der Waals surface area contributed by atoms with E-state index in [0.29, 0.717) is 16.1 Å². The lowest BCUT2D eigenvalue weighted by molar-refractivity contribution is 0.104. The van der Waals surface area contributed by atoms with E-state index in [0.717, 1.165) is 27.9 Å². The van der Waals surface area contributed by atoms with Crippen LogP contribution < -0.4 is 5.73 Å². The average molecular weight is 338 g/mol. The van der Waals surface area contributed by atoms with Crippen molar-refractivity contribution in [3.05, 3.63) is 57.6 Å². The standard InChI is InChI=1S/C20H22N2OS/c1-4-5-6-14-7-9-15(10-8-14)18(23)19-17(21)16-12(2)11-13(3)22-20(16)24-19/h7-11H,4-6,21H2,1-3H3. The number of hydrogen-bond acceptors (Lipinski definition) is 4. The van der Waals surface area contributed by atoms with Gasteiger partial charge in [0, 0.05) is 16.6 Å². The van der Waals surface area contributed by atoms with E-state index in [1.54, 1.807) is 0 Å². The molecule has 0 fully saturated rings. The third-order valence-electron chi connectivity index (χ3n) is 4.27. The molecule has 2 heterocycles. The molecule has 3 nitrogen and oxygen atoms in total. The predicted octanol–water partition coefficient (Wildman–Crippen LogP) is 5.07. The van der Waals surface area contributed by atoms with E-state index in [1.807, 2.05) is 44.2 Å². The number of ketones is 1. The van der Waals surface area contributed by atoms with Crippen molar-refractivity contribution in [2.45, 2.75) is 40.0 Å². The summed E-state index contributed by atoms with van der Waals surface area (Å²) in [6.07, 6.45) is 3.39. The summed E-state index contributed by atoms with van der Waals surface area (Å²) >= 11 is 1.39. The number of carbonyl (C=O) groups is 1. The molecule has 0 radical (unpaired) electrons. The first-order valence-electron chi connectivity index (χ1n) is 8.31. The third-order valence-corrected chi connectivity index (χ3v) is 5.36. The van der Waals surface area contributed by atoms with Crippen molar-refractivity contribution in [3.63, 3.8) is 0 Å². The number of fused-ring (bicyclic) bond motifs is 1. The van der Waals surface area contributed by atoms with Gasteiger partial charge in [0.15, 0.2) is 0 Å². The van der Waals surface area contributed by atoms with Gasteiger partial charge >= 0.3 is 0 Å². The van der Waals surface area contributed by atoms with Gasteiger partial charge in [-0.1, -0.05) is 37.6 Å². The van der Waals surface area contributed by atoms with Crippen LogP contribution in [-0.4, -0.2) is 10.8 Å². The quantitative estimate of drug-likeness (QED) is 0.661. The van der Waals surface area contributed by atoms with Crippen molar-refractivity contribution in [1.82, 2.24) is 4.98 Å². The van der Waals surface area contributed by atoms with Crippen LogP contribution in [0.3, 0.4) is 0 Å². The summed E-state index contributed by atoms with van der Waals surface area (Å²) in [4.78, 5) is 18.8. The van der Waals surface area contributed by atoms with E-state index in [1.165, 1.54) is 29.7 Å². The number of nitrogen functional groups attached to an aromatic ring is 1. The second-order valence-electron chi connectivity index (χ2n) is 6.24. The van der Waals surface area contributed by atoms with Gasteiger partial charge < -0.3 is 5.73 Å². The molecule has 2 N–H and O–H groups in total. The Morgan fingerprint density at radius 2 is 1.92 bits per heavy atom. The molecule has 0 saturated heterocycles. The SMILES string of the molecule is CCCCc1ccc(C(=O)c2sc3nc(C)cc(C)c3c2N)cc1. The molecule has 4 heteroatoms. The number of benzene rings is 1. The van der Waals surface area contributed by atoms with Gasteiger partial charge in [0.25, 0.3) is 0 Å². The molecular formula is C20H22N2OS. The highest BCUT2D eigenvalue weighted by Crippen LogP contribution is 2.36. The van der Waals surface area contributed by atoms with Gasteiger partial charge in [-0.2, -0.15) is 0 Å². The second kappa shape index (κ2) is 6.73. The topological polar surface area (TPSA) is 56.0 Å². The molecule has 0 saturated carbocycles. The molecule has 0 aliphatic heterocycles. The van der Waals surface area contributed by atoms with Crippen molar-refractivity contribution in [1.29, 1.82) is 0 Å². The van der Waals surface area contributed by atoms with Crippen LogP contribution in [0.2, 0.25) is 0 Å². The Bertz CT molecular complexity index is 894. The smallest absolute Gasteiger partial charge is 0.205 e. The molecule has 1 aromatic carbocycles. The summed E-state index contributed by atoms with van der Waals surface area (Å²) < 4.78 is 0. The van der Waals surface area contributed by atoms with E-state index >= 15 is 0 Å².